The normalized spacial score (nSPS) is 27.2. The highest BCUT2D eigenvalue weighted by Crippen LogP contribution is 2.32. The first-order valence-electron chi connectivity index (χ1n) is 7.15. The number of hydrogen-bond donors (Lipinski definition) is 1. The Kier molecular flexibility index (Phi) is 3.62. The minimum atomic E-state index is 0.761. The summed E-state index contributed by atoms with van der Waals surface area (Å²) in [6.07, 6.45) is 9.35. The highest BCUT2D eigenvalue weighted by Gasteiger charge is 2.34. The molecular formula is C15H23N3. The molecule has 2 aliphatic rings. The lowest BCUT2D eigenvalue weighted by Crippen LogP contribution is -2.48. The number of aromatic nitrogens is 1. The van der Waals surface area contributed by atoms with Gasteiger partial charge < -0.3 is 5.32 Å². The molecule has 2 saturated carbocycles. The molecular weight excluding hydrogens is 222 g/mol. The van der Waals surface area contributed by atoms with E-state index in [0.717, 1.165) is 24.5 Å². The highest BCUT2D eigenvalue weighted by atomic mass is 15.1. The van der Waals surface area contributed by atoms with Gasteiger partial charge >= 0.3 is 0 Å². The van der Waals surface area contributed by atoms with Crippen molar-refractivity contribution in [2.45, 2.75) is 44.3 Å². The molecule has 2 atom stereocenters. The van der Waals surface area contributed by atoms with Crippen molar-refractivity contribution in [2.75, 3.05) is 13.6 Å². The van der Waals surface area contributed by atoms with Gasteiger partial charge in [0.2, 0.25) is 0 Å². The molecule has 2 unspecified atom stereocenters. The third-order valence-electron chi connectivity index (χ3n) is 4.34. The molecule has 98 valence electrons. The van der Waals surface area contributed by atoms with Crippen LogP contribution in [0.15, 0.2) is 24.5 Å². The van der Waals surface area contributed by atoms with Crippen molar-refractivity contribution in [3.8, 4) is 0 Å². The van der Waals surface area contributed by atoms with E-state index in [1.807, 2.05) is 18.5 Å². The summed E-state index contributed by atoms with van der Waals surface area (Å²) in [6, 6.07) is 5.79. The molecule has 2 fully saturated rings. The Morgan fingerprint density at radius 3 is 2.83 bits per heavy atom. The molecule has 1 aromatic rings. The second-order valence-electron chi connectivity index (χ2n) is 5.86. The molecule has 3 nitrogen and oxygen atoms in total. The molecule has 2 aliphatic carbocycles. The maximum absolute atomic E-state index is 4.19. The van der Waals surface area contributed by atoms with Crippen LogP contribution in [0.5, 0.6) is 0 Å². The maximum atomic E-state index is 4.19. The van der Waals surface area contributed by atoms with Gasteiger partial charge in [0.05, 0.1) is 0 Å². The van der Waals surface area contributed by atoms with Crippen LogP contribution in [-0.4, -0.2) is 35.6 Å². The Hall–Kier alpha value is -0.930. The van der Waals surface area contributed by atoms with E-state index in [2.05, 4.69) is 28.3 Å². The standard InChI is InChI=1S/C15H23N3/c1-18(11-12-3-2-8-16-9-12)15-7-4-13(15)10-17-14-5-6-14/h2-3,8-9,13-15,17H,4-7,10-11H2,1H3. The van der Waals surface area contributed by atoms with E-state index < -0.39 is 0 Å². The van der Waals surface area contributed by atoms with Crippen molar-refractivity contribution in [3.63, 3.8) is 0 Å². The van der Waals surface area contributed by atoms with E-state index in [9.17, 15) is 0 Å². The van der Waals surface area contributed by atoms with E-state index in [0.29, 0.717) is 0 Å². The van der Waals surface area contributed by atoms with E-state index >= 15 is 0 Å². The van der Waals surface area contributed by atoms with Gasteiger partial charge in [-0.25, -0.2) is 0 Å². The summed E-state index contributed by atoms with van der Waals surface area (Å²) < 4.78 is 0. The van der Waals surface area contributed by atoms with Crippen LogP contribution >= 0.6 is 0 Å². The fraction of sp³-hybridized carbons (Fsp3) is 0.667. The average Bonchev–Trinajstić information content (AvgIpc) is 3.13. The molecule has 1 heterocycles. The molecule has 0 spiro atoms. The Labute approximate surface area is 110 Å². The Bertz CT molecular complexity index is 375. The molecule has 0 radical (unpaired) electrons. The second kappa shape index (κ2) is 5.37. The van der Waals surface area contributed by atoms with Gasteiger partial charge in [-0.1, -0.05) is 6.07 Å². The van der Waals surface area contributed by atoms with Crippen molar-refractivity contribution in [2.24, 2.45) is 5.92 Å². The zero-order chi connectivity index (χ0) is 12.4. The van der Waals surface area contributed by atoms with Crippen LogP contribution in [-0.2, 0) is 6.54 Å². The Morgan fingerprint density at radius 2 is 2.22 bits per heavy atom. The van der Waals surface area contributed by atoms with Crippen LogP contribution in [0.2, 0.25) is 0 Å². The number of hydrogen-bond acceptors (Lipinski definition) is 3. The summed E-state index contributed by atoms with van der Waals surface area (Å²) in [5.74, 6) is 0.854. The third kappa shape index (κ3) is 2.90. The van der Waals surface area contributed by atoms with Gasteiger partial charge in [-0.2, -0.15) is 0 Å². The third-order valence-corrected chi connectivity index (χ3v) is 4.34. The van der Waals surface area contributed by atoms with Crippen LogP contribution in [0.3, 0.4) is 0 Å². The molecule has 0 saturated heterocycles. The first-order valence-corrected chi connectivity index (χ1v) is 7.15. The van der Waals surface area contributed by atoms with Gasteiger partial charge in [0.25, 0.3) is 0 Å². The van der Waals surface area contributed by atoms with Gasteiger partial charge in [-0.05, 0) is 56.8 Å². The fourth-order valence-electron chi connectivity index (χ4n) is 2.87. The summed E-state index contributed by atoms with van der Waals surface area (Å²) in [4.78, 5) is 6.69. The molecule has 1 N–H and O–H groups in total. The Morgan fingerprint density at radius 1 is 1.33 bits per heavy atom. The van der Waals surface area contributed by atoms with Gasteiger partial charge in [-0.15, -0.1) is 0 Å². The minimum Gasteiger partial charge on any atom is -0.314 e. The zero-order valence-electron chi connectivity index (χ0n) is 11.2. The van der Waals surface area contributed by atoms with Crippen LogP contribution in [0, 0.1) is 5.92 Å². The van der Waals surface area contributed by atoms with Crippen molar-refractivity contribution in [1.82, 2.24) is 15.2 Å². The van der Waals surface area contributed by atoms with Crippen molar-refractivity contribution in [1.29, 1.82) is 0 Å². The first kappa shape index (κ1) is 12.1. The molecule has 0 aliphatic heterocycles. The minimum absolute atomic E-state index is 0.761. The SMILES string of the molecule is CN(Cc1cccnc1)C1CCC1CNC1CC1. The van der Waals surface area contributed by atoms with Crippen LogP contribution in [0.1, 0.15) is 31.2 Å². The molecule has 18 heavy (non-hydrogen) atoms. The number of pyridine rings is 1. The van der Waals surface area contributed by atoms with E-state index in [4.69, 9.17) is 0 Å². The fourth-order valence-corrected chi connectivity index (χ4v) is 2.87. The van der Waals surface area contributed by atoms with E-state index in [1.54, 1.807) is 0 Å². The van der Waals surface area contributed by atoms with Crippen molar-refractivity contribution in [3.05, 3.63) is 30.1 Å². The molecule has 0 aromatic carbocycles. The monoisotopic (exact) mass is 245 g/mol. The molecule has 3 heteroatoms. The smallest absolute Gasteiger partial charge is 0.0312 e. The maximum Gasteiger partial charge on any atom is 0.0312 e. The molecule has 0 bridgehead atoms. The number of nitrogens with zero attached hydrogens (tertiary/aromatic N) is 2. The van der Waals surface area contributed by atoms with Gasteiger partial charge in [0, 0.05) is 31.0 Å². The zero-order valence-corrected chi connectivity index (χ0v) is 11.2. The van der Waals surface area contributed by atoms with E-state index in [1.165, 1.54) is 37.8 Å². The molecule has 1 aromatic heterocycles. The lowest BCUT2D eigenvalue weighted by Gasteiger charge is -2.43. The lowest BCUT2D eigenvalue weighted by molar-refractivity contribution is 0.0777. The molecule has 3 rings (SSSR count). The second-order valence-corrected chi connectivity index (χ2v) is 5.86. The summed E-state index contributed by atoms with van der Waals surface area (Å²) in [5, 5.41) is 3.67. The summed E-state index contributed by atoms with van der Waals surface area (Å²) in [7, 11) is 2.25. The van der Waals surface area contributed by atoms with Crippen LogP contribution in [0.25, 0.3) is 0 Å². The average molecular weight is 245 g/mol. The summed E-state index contributed by atoms with van der Waals surface area (Å²) in [5.41, 5.74) is 1.32. The van der Waals surface area contributed by atoms with Crippen molar-refractivity contribution < 1.29 is 0 Å². The summed E-state index contributed by atoms with van der Waals surface area (Å²) in [6.45, 7) is 2.24. The number of nitrogens with one attached hydrogen (secondary N) is 1. The van der Waals surface area contributed by atoms with Crippen molar-refractivity contribution >= 4 is 0 Å². The van der Waals surface area contributed by atoms with E-state index in [-0.39, 0.29) is 0 Å². The predicted octanol–water partition coefficient (Wildman–Crippen LogP) is 2.04. The van der Waals surface area contributed by atoms with Crippen LogP contribution in [0.4, 0.5) is 0 Å². The lowest BCUT2D eigenvalue weighted by atomic mass is 9.78. The largest absolute Gasteiger partial charge is 0.314 e. The van der Waals surface area contributed by atoms with Gasteiger partial charge in [-0.3, -0.25) is 9.88 Å². The van der Waals surface area contributed by atoms with Gasteiger partial charge in [0.15, 0.2) is 0 Å². The van der Waals surface area contributed by atoms with Gasteiger partial charge in [0.1, 0.15) is 0 Å². The Balaban J connectivity index is 1.47. The highest BCUT2D eigenvalue weighted by molar-refractivity contribution is 5.08. The number of rotatable bonds is 6. The first-order chi connectivity index (χ1) is 8.83. The van der Waals surface area contributed by atoms with Crippen LogP contribution < -0.4 is 5.32 Å². The predicted molar refractivity (Wildman–Crippen MR) is 73.2 cm³/mol. The topological polar surface area (TPSA) is 28.2 Å². The molecule has 0 amide bonds. The quantitative estimate of drug-likeness (QED) is 0.831. The summed E-state index contributed by atoms with van der Waals surface area (Å²) >= 11 is 0.